The molecule has 0 saturated heterocycles. The molecule has 4 nitrogen and oxygen atoms in total. The first-order valence-corrected chi connectivity index (χ1v) is 7.11. The van der Waals surface area contributed by atoms with Crippen LogP contribution in [0, 0.1) is 0 Å². The molecule has 0 aromatic heterocycles. The van der Waals surface area contributed by atoms with Gasteiger partial charge in [0.2, 0.25) is 0 Å². The van der Waals surface area contributed by atoms with Crippen LogP contribution in [0.4, 0.5) is 0 Å². The summed E-state index contributed by atoms with van der Waals surface area (Å²) in [5.41, 5.74) is 0. The van der Waals surface area contributed by atoms with E-state index in [4.69, 9.17) is 21.1 Å². The first-order chi connectivity index (χ1) is 9.61. The molecule has 0 fully saturated rings. The highest BCUT2D eigenvalue weighted by molar-refractivity contribution is 6.30. The molecule has 20 heavy (non-hydrogen) atoms. The molecular weight excluding hydrogens is 280 g/mol. The summed E-state index contributed by atoms with van der Waals surface area (Å²) in [6.45, 7) is 2.49. The maximum Gasteiger partial charge on any atom is 0.311 e. The van der Waals surface area contributed by atoms with E-state index in [9.17, 15) is 9.59 Å². The van der Waals surface area contributed by atoms with Gasteiger partial charge in [0.05, 0.1) is 19.4 Å². The van der Waals surface area contributed by atoms with Crippen LogP contribution >= 0.6 is 11.6 Å². The second kappa shape index (κ2) is 9.37. The van der Waals surface area contributed by atoms with E-state index in [1.165, 1.54) is 0 Å². The molecule has 5 heteroatoms. The van der Waals surface area contributed by atoms with Crippen LogP contribution < -0.4 is 4.74 Å². The SMILES string of the molecule is CCCCCOC(=O)CCC(=O)Oc1cccc(Cl)c1. The lowest BCUT2D eigenvalue weighted by atomic mass is 10.3. The zero-order valence-electron chi connectivity index (χ0n) is 11.6. The van der Waals surface area contributed by atoms with Crippen molar-refractivity contribution in [3.05, 3.63) is 29.3 Å². The molecule has 0 heterocycles. The Bertz CT molecular complexity index is 445. The van der Waals surface area contributed by atoms with Crippen molar-refractivity contribution >= 4 is 23.5 Å². The predicted octanol–water partition coefficient (Wildman–Crippen LogP) is 3.76. The van der Waals surface area contributed by atoms with Crippen molar-refractivity contribution in [3.63, 3.8) is 0 Å². The Kier molecular flexibility index (Phi) is 7.73. The molecule has 0 N–H and O–H groups in total. The average Bonchev–Trinajstić information content (AvgIpc) is 2.41. The van der Waals surface area contributed by atoms with Gasteiger partial charge in [-0.1, -0.05) is 37.4 Å². The van der Waals surface area contributed by atoms with Crippen LogP contribution in [0.2, 0.25) is 5.02 Å². The van der Waals surface area contributed by atoms with E-state index in [0.29, 0.717) is 17.4 Å². The topological polar surface area (TPSA) is 52.6 Å². The van der Waals surface area contributed by atoms with Crippen molar-refractivity contribution in [2.24, 2.45) is 0 Å². The minimum atomic E-state index is -0.474. The third-order valence-corrected chi connectivity index (χ3v) is 2.81. The zero-order valence-corrected chi connectivity index (χ0v) is 12.3. The number of carbonyl (C=O) groups excluding carboxylic acids is 2. The van der Waals surface area contributed by atoms with Gasteiger partial charge in [-0.05, 0) is 24.6 Å². The van der Waals surface area contributed by atoms with E-state index in [1.54, 1.807) is 24.3 Å². The van der Waals surface area contributed by atoms with Crippen molar-refractivity contribution in [2.75, 3.05) is 6.61 Å². The van der Waals surface area contributed by atoms with Gasteiger partial charge in [0.1, 0.15) is 5.75 Å². The van der Waals surface area contributed by atoms with Gasteiger partial charge in [0, 0.05) is 5.02 Å². The minimum absolute atomic E-state index is 0.000869. The van der Waals surface area contributed by atoms with Gasteiger partial charge < -0.3 is 9.47 Å². The van der Waals surface area contributed by atoms with Crippen molar-refractivity contribution in [1.29, 1.82) is 0 Å². The summed E-state index contributed by atoms with van der Waals surface area (Å²) in [5, 5.41) is 0.491. The van der Waals surface area contributed by atoms with E-state index in [0.717, 1.165) is 19.3 Å². The molecule has 0 radical (unpaired) electrons. The molecular formula is C15H19ClO4. The number of esters is 2. The van der Waals surface area contributed by atoms with Crippen LogP contribution in [0.25, 0.3) is 0 Å². The number of benzene rings is 1. The summed E-state index contributed by atoms with van der Waals surface area (Å²) < 4.78 is 10.1. The molecule has 1 aromatic rings. The monoisotopic (exact) mass is 298 g/mol. The Morgan fingerprint density at radius 2 is 1.90 bits per heavy atom. The number of halogens is 1. The van der Waals surface area contributed by atoms with Crippen molar-refractivity contribution in [2.45, 2.75) is 39.0 Å². The number of unbranched alkanes of at least 4 members (excludes halogenated alkanes) is 2. The van der Waals surface area contributed by atoms with Gasteiger partial charge in [0.15, 0.2) is 0 Å². The highest BCUT2D eigenvalue weighted by Crippen LogP contribution is 2.17. The van der Waals surface area contributed by atoms with Crippen LogP contribution in [-0.4, -0.2) is 18.5 Å². The number of ether oxygens (including phenoxy) is 2. The first-order valence-electron chi connectivity index (χ1n) is 6.73. The lowest BCUT2D eigenvalue weighted by Gasteiger charge is -2.05. The molecule has 0 bridgehead atoms. The lowest BCUT2D eigenvalue weighted by Crippen LogP contribution is -2.12. The standard InChI is InChI=1S/C15H19ClO4/c1-2-3-4-10-19-14(17)8-9-15(18)20-13-7-5-6-12(16)11-13/h5-7,11H,2-4,8-10H2,1H3. The summed E-state index contributed by atoms with van der Waals surface area (Å²) in [7, 11) is 0. The third-order valence-electron chi connectivity index (χ3n) is 2.57. The first kappa shape index (κ1) is 16.5. The fourth-order valence-corrected chi connectivity index (χ4v) is 1.71. The largest absolute Gasteiger partial charge is 0.466 e. The number of hydrogen-bond acceptors (Lipinski definition) is 4. The smallest absolute Gasteiger partial charge is 0.311 e. The van der Waals surface area contributed by atoms with Crippen LogP contribution in [0.15, 0.2) is 24.3 Å². The van der Waals surface area contributed by atoms with E-state index in [1.807, 2.05) is 0 Å². The van der Waals surface area contributed by atoms with E-state index < -0.39 is 5.97 Å². The molecule has 0 aliphatic heterocycles. The quantitative estimate of drug-likeness (QED) is 0.416. The highest BCUT2D eigenvalue weighted by Gasteiger charge is 2.10. The average molecular weight is 299 g/mol. The second-order valence-corrected chi connectivity index (χ2v) is 4.80. The van der Waals surface area contributed by atoms with Crippen LogP contribution in [-0.2, 0) is 14.3 Å². The third kappa shape index (κ3) is 7.14. The Balaban J connectivity index is 2.21. The summed E-state index contributed by atoms with van der Waals surface area (Å²) in [6, 6.07) is 6.55. The lowest BCUT2D eigenvalue weighted by molar-refractivity contribution is -0.147. The van der Waals surface area contributed by atoms with E-state index in [-0.39, 0.29) is 18.8 Å². The molecule has 0 saturated carbocycles. The number of carbonyl (C=O) groups is 2. The van der Waals surface area contributed by atoms with Crippen molar-refractivity contribution in [3.8, 4) is 5.75 Å². The molecule has 0 spiro atoms. The molecule has 0 aliphatic rings. The van der Waals surface area contributed by atoms with Gasteiger partial charge in [-0.25, -0.2) is 0 Å². The normalized spacial score (nSPS) is 10.1. The number of rotatable bonds is 8. The van der Waals surface area contributed by atoms with Gasteiger partial charge >= 0.3 is 11.9 Å². The van der Waals surface area contributed by atoms with E-state index in [2.05, 4.69) is 6.92 Å². The molecule has 1 rings (SSSR count). The predicted molar refractivity (Wildman–Crippen MR) is 76.8 cm³/mol. The summed E-state index contributed by atoms with van der Waals surface area (Å²) >= 11 is 5.77. The van der Waals surface area contributed by atoms with Crippen molar-refractivity contribution < 1.29 is 19.1 Å². The van der Waals surface area contributed by atoms with Gasteiger partial charge in [-0.3, -0.25) is 9.59 Å². The Hall–Kier alpha value is -1.55. The number of hydrogen-bond donors (Lipinski definition) is 0. The summed E-state index contributed by atoms with van der Waals surface area (Å²) in [5.74, 6) is -0.472. The van der Waals surface area contributed by atoms with Crippen LogP contribution in [0.3, 0.4) is 0 Å². The second-order valence-electron chi connectivity index (χ2n) is 4.36. The minimum Gasteiger partial charge on any atom is -0.466 e. The molecule has 0 unspecified atom stereocenters. The maximum atomic E-state index is 11.5. The fourth-order valence-electron chi connectivity index (χ4n) is 1.53. The molecule has 0 atom stereocenters. The van der Waals surface area contributed by atoms with E-state index >= 15 is 0 Å². The Labute approximate surface area is 124 Å². The Morgan fingerprint density at radius 3 is 2.60 bits per heavy atom. The molecule has 1 aromatic carbocycles. The van der Waals surface area contributed by atoms with Gasteiger partial charge in [-0.15, -0.1) is 0 Å². The van der Waals surface area contributed by atoms with Crippen LogP contribution in [0.1, 0.15) is 39.0 Å². The zero-order chi connectivity index (χ0) is 14.8. The maximum absolute atomic E-state index is 11.5. The fraction of sp³-hybridized carbons (Fsp3) is 0.467. The highest BCUT2D eigenvalue weighted by atomic mass is 35.5. The summed E-state index contributed by atoms with van der Waals surface area (Å²) in [4.78, 5) is 22.9. The Morgan fingerprint density at radius 1 is 1.15 bits per heavy atom. The van der Waals surface area contributed by atoms with Crippen LogP contribution in [0.5, 0.6) is 5.75 Å². The molecule has 0 amide bonds. The van der Waals surface area contributed by atoms with Crippen molar-refractivity contribution in [1.82, 2.24) is 0 Å². The van der Waals surface area contributed by atoms with Gasteiger partial charge in [-0.2, -0.15) is 0 Å². The molecule has 0 aliphatic carbocycles. The van der Waals surface area contributed by atoms with Gasteiger partial charge in [0.25, 0.3) is 0 Å². The molecule has 110 valence electrons. The summed E-state index contributed by atoms with van der Waals surface area (Å²) in [6.07, 6.45) is 2.99.